The average molecular weight is 343 g/mol. The van der Waals surface area contributed by atoms with E-state index in [-0.39, 0.29) is 23.7 Å². The number of amides is 1. The number of hydrogen-bond acceptors (Lipinski definition) is 3. The zero-order chi connectivity index (χ0) is 14.9. The number of nitrogens with one attached hydrogen (secondary N) is 2. The third-order valence-corrected chi connectivity index (χ3v) is 6.28. The highest BCUT2D eigenvalue weighted by Gasteiger charge is 2.28. The second-order valence-electron chi connectivity index (χ2n) is 7.15. The second kappa shape index (κ2) is 7.33. The lowest BCUT2D eigenvalue weighted by molar-refractivity contribution is 0.0926. The van der Waals surface area contributed by atoms with Crippen molar-refractivity contribution in [2.24, 2.45) is 11.3 Å². The van der Waals surface area contributed by atoms with E-state index in [1.165, 1.54) is 16.9 Å². The van der Waals surface area contributed by atoms with Gasteiger partial charge in [-0.15, -0.1) is 23.7 Å². The van der Waals surface area contributed by atoms with E-state index in [9.17, 15) is 4.79 Å². The minimum absolute atomic E-state index is 0. The van der Waals surface area contributed by atoms with Crippen molar-refractivity contribution in [2.45, 2.75) is 46.0 Å². The Balaban J connectivity index is 0.00000176. The molecule has 0 spiro atoms. The molecule has 22 heavy (non-hydrogen) atoms. The Hall–Kier alpha value is -0.580. The first-order chi connectivity index (χ1) is 10.1. The lowest BCUT2D eigenvalue weighted by Crippen LogP contribution is -2.42. The molecule has 0 aromatic carbocycles. The molecule has 3 rings (SSSR count). The summed E-state index contributed by atoms with van der Waals surface area (Å²) in [5.41, 5.74) is 1.67. The van der Waals surface area contributed by atoms with Crippen LogP contribution in [0.15, 0.2) is 6.07 Å². The monoisotopic (exact) mass is 342 g/mol. The van der Waals surface area contributed by atoms with Crippen LogP contribution in [0.4, 0.5) is 0 Å². The topological polar surface area (TPSA) is 41.1 Å². The first-order valence-electron chi connectivity index (χ1n) is 8.16. The first-order valence-corrected chi connectivity index (χ1v) is 8.98. The summed E-state index contributed by atoms with van der Waals surface area (Å²) in [4.78, 5) is 14.8. The smallest absolute Gasteiger partial charge is 0.261 e. The van der Waals surface area contributed by atoms with Crippen molar-refractivity contribution >= 4 is 29.7 Å². The summed E-state index contributed by atoms with van der Waals surface area (Å²) < 4.78 is 0. The molecular formula is C17H27ClN2OS. The molecule has 1 aromatic rings. The van der Waals surface area contributed by atoms with Gasteiger partial charge in [0.1, 0.15) is 0 Å². The highest BCUT2D eigenvalue weighted by Crippen LogP contribution is 2.32. The zero-order valence-electron chi connectivity index (χ0n) is 13.5. The predicted molar refractivity (Wildman–Crippen MR) is 95.3 cm³/mol. The van der Waals surface area contributed by atoms with Gasteiger partial charge in [-0.2, -0.15) is 0 Å². The van der Waals surface area contributed by atoms with Crippen molar-refractivity contribution in [3.8, 4) is 0 Å². The van der Waals surface area contributed by atoms with Gasteiger partial charge in [0.15, 0.2) is 0 Å². The third kappa shape index (κ3) is 4.03. The summed E-state index contributed by atoms with van der Waals surface area (Å²) >= 11 is 1.71. The van der Waals surface area contributed by atoms with E-state index in [4.69, 9.17) is 0 Å². The van der Waals surface area contributed by atoms with E-state index in [1.807, 2.05) is 0 Å². The van der Waals surface area contributed by atoms with Gasteiger partial charge in [0.05, 0.1) is 4.88 Å². The Morgan fingerprint density at radius 1 is 1.45 bits per heavy atom. The van der Waals surface area contributed by atoms with Gasteiger partial charge in [-0.25, -0.2) is 0 Å². The van der Waals surface area contributed by atoms with Gasteiger partial charge in [-0.05, 0) is 68.2 Å². The van der Waals surface area contributed by atoms with Crippen molar-refractivity contribution < 1.29 is 4.79 Å². The summed E-state index contributed by atoms with van der Waals surface area (Å²) in [6.07, 6.45) is 5.84. The largest absolute Gasteiger partial charge is 0.351 e. The highest BCUT2D eigenvalue weighted by atomic mass is 35.5. The molecule has 1 amide bonds. The standard InChI is InChI=1S/C17H26N2OS.ClH/c1-12-3-4-14-13(9-12)10-15(21-14)16(20)19-11-17(2)5-7-18-8-6-17;/h10,12,18H,3-9,11H2,1-2H3,(H,19,20);1H. The Morgan fingerprint density at radius 2 is 2.18 bits per heavy atom. The molecule has 0 saturated carbocycles. The number of aryl methyl sites for hydroxylation is 1. The summed E-state index contributed by atoms with van der Waals surface area (Å²) in [5.74, 6) is 0.887. The molecule has 2 N–H and O–H groups in total. The fourth-order valence-electron chi connectivity index (χ4n) is 3.41. The van der Waals surface area contributed by atoms with Crippen LogP contribution in [0.1, 0.15) is 53.2 Å². The van der Waals surface area contributed by atoms with Gasteiger partial charge < -0.3 is 10.6 Å². The molecule has 0 bridgehead atoms. The van der Waals surface area contributed by atoms with Gasteiger partial charge in [0.25, 0.3) is 5.91 Å². The molecule has 1 fully saturated rings. The van der Waals surface area contributed by atoms with Crippen LogP contribution in [-0.2, 0) is 12.8 Å². The quantitative estimate of drug-likeness (QED) is 0.883. The van der Waals surface area contributed by atoms with Gasteiger partial charge in [-0.1, -0.05) is 13.8 Å². The Bertz CT molecular complexity index is 523. The molecule has 3 nitrogen and oxygen atoms in total. The maximum Gasteiger partial charge on any atom is 0.261 e. The maximum atomic E-state index is 12.4. The fourth-order valence-corrected chi connectivity index (χ4v) is 4.53. The molecule has 1 aliphatic carbocycles. The molecule has 5 heteroatoms. The Labute approximate surface area is 143 Å². The molecule has 1 saturated heterocycles. The van der Waals surface area contributed by atoms with Crippen molar-refractivity contribution in [1.82, 2.24) is 10.6 Å². The lowest BCUT2D eigenvalue weighted by atomic mass is 9.81. The normalized spacial score (nSPS) is 23.3. The number of carbonyl (C=O) groups excluding carboxylic acids is 1. The molecule has 2 heterocycles. The summed E-state index contributed by atoms with van der Waals surface area (Å²) in [7, 11) is 0. The van der Waals surface area contributed by atoms with E-state index in [1.54, 1.807) is 11.3 Å². The predicted octanol–water partition coefficient (Wildman–Crippen LogP) is 3.41. The molecule has 1 aliphatic heterocycles. The molecule has 1 atom stereocenters. The van der Waals surface area contributed by atoms with Gasteiger partial charge in [0, 0.05) is 11.4 Å². The number of hydrogen-bond donors (Lipinski definition) is 2. The zero-order valence-corrected chi connectivity index (χ0v) is 15.2. The molecule has 0 radical (unpaired) electrons. The SMILES string of the molecule is CC1CCc2sc(C(=O)NCC3(C)CCNCC3)cc2C1.Cl. The summed E-state index contributed by atoms with van der Waals surface area (Å²) in [5, 5.41) is 6.56. The van der Waals surface area contributed by atoms with Crippen LogP contribution in [0, 0.1) is 11.3 Å². The van der Waals surface area contributed by atoms with Crippen LogP contribution < -0.4 is 10.6 Å². The van der Waals surface area contributed by atoms with Gasteiger partial charge >= 0.3 is 0 Å². The number of carbonyl (C=O) groups is 1. The number of fused-ring (bicyclic) bond motifs is 1. The van der Waals surface area contributed by atoms with Crippen molar-refractivity contribution in [3.63, 3.8) is 0 Å². The minimum atomic E-state index is 0. The van der Waals surface area contributed by atoms with Gasteiger partial charge in [0.2, 0.25) is 0 Å². The highest BCUT2D eigenvalue weighted by molar-refractivity contribution is 7.14. The van der Waals surface area contributed by atoms with Gasteiger partial charge in [-0.3, -0.25) is 4.79 Å². The van der Waals surface area contributed by atoms with E-state index >= 15 is 0 Å². The number of thiophene rings is 1. The van der Waals surface area contributed by atoms with E-state index in [2.05, 4.69) is 30.5 Å². The van der Waals surface area contributed by atoms with Crippen molar-refractivity contribution in [1.29, 1.82) is 0 Å². The van der Waals surface area contributed by atoms with Crippen LogP contribution in [0.25, 0.3) is 0 Å². The lowest BCUT2D eigenvalue weighted by Gasteiger charge is -2.34. The average Bonchev–Trinajstić information content (AvgIpc) is 2.88. The molecule has 1 unspecified atom stereocenters. The van der Waals surface area contributed by atoms with E-state index in [0.717, 1.165) is 56.1 Å². The number of rotatable bonds is 3. The summed E-state index contributed by atoms with van der Waals surface area (Å²) in [6.45, 7) is 7.52. The molecular weight excluding hydrogens is 316 g/mol. The van der Waals surface area contributed by atoms with Crippen LogP contribution in [0.2, 0.25) is 0 Å². The summed E-state index contributed by atoms with van der Waals surface area (Å²) in [6, 6.07) is 2.13. The van der Waals surface area contributed by atoms with E-state index in [0.29, 0.717) is 0 Å². The van der Waals surface area contributed by atoms with Crippen LogP contribution in [0.3, 0.4) is 0 Å². The molecule has 2 aliphatic rings. The van der Waals surface area contributed by atoms with Crippen LogP contribution >= 0.6 is 23.7 Å². The fraction of sp³-hybridized carbons (Fsp3) is 0.706. The number of halogens is 1. The third-order valence-electron chi connectivity index (χ3n) is 5.04. The van der Waals surface area contributed by atoms with Crippen molar-refractivity contribution in [3.05, 3.63) is 21.4 Å². The van der Waals surface area contributed by atoms with Crippen LogP contribution in [0.5, 0.6) is 0 Å². The minimum Gasteiger partial charge on any atom is -0.351 e. The Kier molecular flexibility index (Phi) is 5.92. The molecule has 1 aromatic heterocycles. The maximum absolute atomic E-state index is 12.4. The van der Waals surface area contributed by atoms with E-state index < -0.39 is 0 Å². The Morgan fingerprint density at radius 3 is 2.91 bits per heavy atom. The first kappa shape index (κ1) is 17.8. The van der Waals surface area contributed by atoms with Crippen molar-refractivity contribution in [2.75, 3.05) is 19.6 Å². The van der Waals surface area contributed by atoms with Crippen LogP contribution in [-0.4, -0.2) is 25.5 Å². The second-order valence-corrected chi connectivity index (χ2v) is 8.29. The number of piperidine rings is 1. The molecule has 124 valence electrons.